The van der Waals surface area contributed by atoms with E-state index in [-0.39, 0.29) is 12.1 Å². The first-order chi connectivity index (χ1) is 9.02. The van der Waals surface area contributed by atoms with E-state index in [2.05, 4.69) is 16.8 Å². The topological polar surface area (TPSA) is 32.5 Å². The maximum absolute atomic E-state index is 13.9. The van der Waals surface area contributed by atoms with Crippen molar-refractivity contribution >= 4 is 0 Å². The molecular weight excluding hydrogens is 248 g/mol. The third-order valence-corrected chi connectivity index (χ3v) is 3.91. The third-order valence-electron chi connectivity index (χ3n) is 3.91. The highest BCUT2D eigenvalue weighted by molar-refractivity contribution is 5.22. The summed E-state index contributed by atoms with van der Waals surface area (Å²) >= 11 is 0. The molecule has 1 heterocycles. The molecule has 1 fully saturated rings. The molecule has 5 heteroatoms. The van der Waals surface area contributed by atoms with E-state index in [1.807, 2.05) is 6.92 Å². The summed E-state index contributed by atoms with van der Waals surface area (Å²) in [5.41, 5.74) is 6.34. The Morgan fingerprint density at radius 1 is 1.37 bits per heavy atom. The molecule has 0 aromatic heterocycles. The Kier molecular flexibility index (Phi) is 4.50. The van der Waals surface area contributed by atoms with Crippen molar-refractivity contribution < 1.29 is 8.78 Å². The van der Waals surface area contributed by atoms with Crippen LogP contribution >= 0.6 is 0 Å². The molecule has 19 heavy (non-hydrogen) atoms. The van der Waals surface area contributed by atoms with Gasteiger partial charge < -0.3 is 10.6 Å². The van der Waals surface area contributed by atoms with Crippen LogP contribution in [0.1, 0.15) is 18.5 Å². The van der Waals surface area contributed by atoms with E-state index in [9.17, 15) is 8.78 Å². The highest BCUT2D eigenvalue weighted by atomic mass is 19.1. The molecule has 0 saturated carbocycles. The van der Waals surface area contributed by atoms with Gasteiger partial charge in [-0.25, -0.2) is 8.78 Å². The fourth-order valence-corrected chi connectivity index (χ4v) is 2.76. The molecule has 1 aromatic carbocycles. The van der Waals surface area contributed by atoms with Gasteiger partial charge in [0.1, 0.15) is 11.6 Å². The Hall–Kier alpha value is -1.04. The Morgan fingerprint density at radius 2 is 2.11 bits per heavy atom. The van der Waals surface area contributed by atoms with Gasteiger partial charge in [0.2, 0.25) is 0 Å². The zero-order valence-electron chi connectivity index (χ0n) is 11.4. The second kappa shape index (κ2) is 5.94. The van der Waals surface area contributed by atoms with Crippen LogP contribution in [0.15, 0.2) is 18.2 Å². The number of nitrogens with two attached hydrogens (primary N) is 1. The van der Waals surface area contributed by atoms with Gasteiger partial charge in [-0.1, -0.05) is 6.07 Å². The first kappa shape index (κ1) is 14.4. The van der Waals surface area contributed by atoms with Crippen LogP contribution in [0.3, 0.4) is 0 Å². The SMILES string of the molecule is CC(c1ccc(F)cc1F)N1CCN(C)CC1CN. The number of likely N-dealkylation sites (N-methyl/N-ethyl adjacent to an activating group) is 1. The van der Waals surface area contributed by atoms with Gasteiger partial charge in [-0.3, -0.25) is 4.90 Å². The van der Waals surface area contributed by atoms with E-state index in [1.54, 1.807) is 0 Å². The minimum Gasteiger partial charge on any atom is -0.329 e. The van der Waals surface area contributed by atoms with Crippen molar-refractivity contribution in [2.75, 3.05) is 33.2 Å². The first-order valence-electron chi connectivity index (χ1n) is 6.62. The van der Waals surface area contributed by atoms with E-state index in [4.69, 9.17) is 5.73 Å². The van der Waals surface area contributed by atoms with E-state index >= 15 is 0 Å². The van der Waals surface area contributed by atoms with Crippen molar-refractivity contribution in [3.8, 4) is 0 Å². The van der Waals surface area contributed by atoms with Crippen LogP contribution in [-0.2, 0) is 0 Å². The molecule has 0 bridgehead atoms. The van der Waals surface area contributed by atoms with Gasteiger partial charge >= 0.3 is 0 Å². The molecule has 3 nitrogen and oxygen atoms in total. The first-order valence-corrected chi connectivity index (χ1v) is 6.62. The molecule has 1 aliphatic heterocycles. The Balaban J connectivity index is 2.20. The van der Waals surface area contributed by atoms with Gasteiger partial charge in [-0.2, -0.15) is 0 Å². The summed E-state index contributed by atoms with van der Waals surface area (Å²) in [4.78, 5) is 4.43. The maximum Gasteiger partial charge on any atom is 0.130 e. The number of hydrogen-bond acceptors (Lipinski definition) is 3. The minimum atomic E-state index is -0.540. The van der Waals surface area contributed by atoms with Crippen molar-refractivity contribution in [2.24, 2.45) is 5.73 Å². The molecule has 0 amide bonds. The van der Waals surface area contributed by atoms with Crippen LogP contribution in [0.25, 0.3) is 0 Å². The second-order valence-corrected chi connectivity index (χ2v) is 5.23. The molecule has 1 saturated heterocycles. The monoisotopic (exact) mass is 269 g/mol. The molecule has 0 spiro atoms. The fraction of sp³-hybridized carbons (Fsp3) is 0.571. The molecule has 1 aliphatic rings. The van der Waals surface area contributed by atoms with E-state index in [1.165, 1.54) is 12.1 Å². The van der Waals surface area contributed by atoms with E-state index in [0.29, 0.717) is 12.1 Å². The lowest BCUT2D eigenvalue weighted by molar-refractivity contribution is 0.0608. The lowest BCUT2D eigenvalue weighted by atomic mass is 10.0. The lowest BCUT2D eigenvalue weighted by Gasteiger charge is -2.43. The quantitative estimate of drug-likeness (QED) is 0.904. The highest BCUT2D eigenvalue weighted by Crippen LogP contribution is 2.26. The van der Waals surface area contributed by atoms with Crippen LogP contribution in [-0.4, -0.2) is 49.1 Å². The Bertz CT molecular complexity index is 439. The van der Waals surface area contributed by atoms with Crippen molar-refractivity contribution in [3.05, 3.63) is 35.4 Å². The van der Waals surface area contributed by atoms with E-state index in [0.717, 1.165) is 25.7 Å². The molecule has 2 rings (SSSR count). The average Bonchev–Trinajstić information content (AvgIpc) is 2.37. The van der Waals surface area contributed by atoms with Crippen LogP contribution in [0.4, 0.5) is 8.78 Å². The Morgan fingerprint density at radius 3 is 2.74 bits per heavy atom. The maximum atomic E-state index is 13.9. The van der Waals surface area contributed by atoms with Gasteiger partial charge in [0, 0.05) is 49.9 Å². The summed E-state index contributed by atoms with van der Waals surface area (Å²) in [5, 5.41) is 0. The van der Waals surface area contributed by atoms with Gasteiger partial charge in [0.25, 0.3) is 0 Å². The molecule has 0 aliphatic carbocycles. The number of rotatable bonds is 3. The smallest absolute Gasteiger partial charge is 0.130 e. The van der Waals surface area contributed by atoms with E-state index < -0.39 is 11.6 Å². The van der Waals surface area contributed by atoms with Gasteiger partial charge in [-0.05, 0) is 20.0 Å². The second-order valence-electron chi connectivity index (χ2n) is 5.23. The van der Waals surface area contributed by atoms with Crippen LogP contribution in [0.2, 0.25) is 0 Å². The zero-order chi connectivity index (χ0) is 14.0. The average molecular weight is 269 g/mol. The summed E-state index contributed by atoms with van der Waals surface area (Å²) in [5.74, 6) is -1.02. The summed E-state index contributed by atoms with van der Waals surface area (Å²) in [6, 6.07) is 3.89. The number of benzene rings is 1. The summed E-state index contributed by atoms with van der Waals surface area (Å²) in [6.07, 6.45) is 0. The van der Waals surface area contributed by atoms with Crippen molar-refractivity contribution in [1.29, 1.82) is 0 Å². The molecule has 106 valence electrons. The molecule has 1 aromatic rings. The summed E-state index contributed by atoms with van der Waals surface area (Å²) in [6.45, 7) is 5.14. The van der Waals surface area contributed by atoms with Crippen molar-refractivity contribution in [2.45, 2.75) is 19.0 Å². The number of nitrogens with zero attached hydrogens (tertiary/aromatic N) is 2. The largest absolute Gasteiger partial charge is 0.329 e. The minimum absolute atomic E-state index is 0.0946. The van der Waals surface area contributed by atoms with Gasteiger partial charge in [-0.15, -0.1) is 0 Å². The highest BCUT2D eigenvalue weighted by Gasteiger charge is 2.29. The van der Waals surface area contributed by atoms with Crippen molar-refractivity contribution in [3.63, 3.8) is 0 Å². The molecule has 0 radical (unpaired) electrons. The zero-order valence-corrected chi connectivity index (χ0v) is 11.4. The van der Waals surface area contributed by atoms with Crippen LogP contribution in [0, 0.1) is 11.6 Å². The molecule has 2 N–H and O–H groups in total. The summed E-state index contributed by atoms with van der Waals surface area (Å²) < 4.78 is 26.8. The number of piperazine rings is 1. The molecule has 2 unspecified atom stereocenters. The van der Waals surface area contributed by atoms with Gasteiger partial charge in [0.05, 0.1) is 0 Å². The van der Waals surface area contributed by atoms with Crippen LogP contribution < -0.4 is 5.73 Å². The normalized spacial score (nSPS) is 23.5. The number of halogens is 2. The number of hydrogen-bond donors (Lipinski definition) is 1. The van der Waals surface area contributed by atoms with Crippen LogP contribution in [0.5, 0.6) is 0 Å². The third kappa shape index (κ3) is 3.11. The lowest BCUT2D eigenvalue weighted by Crippen LogP contribution is -2.55. The van der Waals surface area contributed by atoms with Gasteiger partial charge in [0.15, 0.2) is 0 Å². The Labute approximate surface area is 113 Å². The predicted octanol–water partition coefficient (Wildman–Crippen LogP) is 1.60. The predicted molar refractivity (Wildman–Crippen MR) is 71.8 cm³/mol. The fourth-order valence-electron chi connectivity index (χ4n) is 2.76. The van der Waals surface area contributed by atoms with Crippen molar-refractivity contribution in [1.82, 2.24) is 9.80 Å². The summed E-state index contributed by atoms with van der Waals surface area (Å²) in [7, 11) is 2.06. The standard InChI is InChI=1S/C14H21F2N3/c1-10(13-4-3-11(15)7-14(13)16)19-6-5-18(2)9-12(19)8-17/h3-4,7,10,12H,5-6,8-9,17H2,1-2H3. The molecule has 2 atom stereocenters. The molecular formula is C14H21F2N3.